The molecule has 0 atom stereocenters. The van der Waals surface area contributed by atoms with Crippen LogP contribution in [0.1, 0.15) is 26.3 Å². The molecule has 204 valence electrons. The predicted molar refractivity (Wildman–Crippen MR) is 157 cm³/mol. The van der Waals surface area contributed by atoms with Crippen molar-refractivity contribution in [2.24, 2.45) is 0 Å². The number of para-hydroxylation sites is 2. The molecule has 0 amide bonds. The van der Waals surface area contributed by atoms with E-state index in [0.717, 1.165) is 28.3 Å². The van der Waals surface area contributed by atoms with Crippen molar-refractivity contribution in [1.82, 2.24) is 24.4 Å². The molecule has 0 aliphatic carbocycles. The summed E-state index contributed by atoms with van der Waals surface area (Å²) in [5.41, 5.74) is 3.51. The van der Waals surface area contributed by atoms with Crippen LogP contribution >= 0.6 is 11.3 Å². The number of fused-ring (bicyclic) bond motifs is 1. The largest absolute Gasteiger partial charge is 0.491 e. The molecule has 41 heavy (non-hydrogen) atoms. The van der Waals surface area contributed by atoms with Crippen LogP contribution in [0.4, 0.5) is 0 Å². The van der Waals surface area contributed by atoms with Gasteiger partial charge in [-0.25, -0.2) is 4.68 Å². The number of carbonyl (C=O) groups excluding carboxylic acids is 1. The predicted octanol–water partition coefficient (Wildman–Crippen LogP) is 4.93. The zero-order chi connectivity index (χ0) is 28.5. The molecule has 0 spiro atoms. The molecule has 0 N–H and O–H groups in total. The summed E-state index contributed by atoms with van der Waals surface area (Å²) in [4.78, 5) is 30.0. The second kappa shape index (κ2) is 10.8. The van der Waals surface area contributed by atoms with Crippen molar-refractivity contribution in [3.63, 3.8) is 0 Å². The fourth-order valence-electron chi connectivity index (χ4n) is 4.38. The van der Waals surface area contributed by atoms with E-state index in [1.165, 1.54) is 22.8 Å². The van der Waals surface area contributed by atoms with Crippen molar-refractivity contribution in [2.45, 2.75) is 26.9 Å². The molecule has 6 rings (SSSR count). The van der Waals surface area contributed by atoms with Crippen LogP contribution < -0.4 is 19.6 Å². The second-order valence-corrected chi connectivity index (χ2v) is 10.5. The van der Waals surface area contributed by atoms with Gasteiger partial charge in [0.2, 0.25) is 4.96 Å². The standard InChI is InChI=1S/C31H25N5O4S/c1-19(2)39-24-15-13-21(14-16-24)28-22(18-35(33-28)23-9-5-4-6-10-23)17-27-30(38)36-31(41-27)32-29(34-36)25-11-7-8-12-26(25)40-20(3)37/h4-19H,1-3H3. The number of carbonyl (C=O) groups is 1. The van der Waals surface area contributed by atoms with Crippen molar-refractivity contribution in [3.8, 4) is 39.8 Å². The lowest BCUT2D eigenvalue weighted by atomic mass is 10.1. The van der Waals surface area contributed by atoms with E-state index < -0.39 is 5.97 Å². The highest BCUT2D eigenvalue weighted by Crippen LogP contribution is 2.29. The van der Waals surface area contributed by atoms with Gasteiger partial charge in [0.05, 0.1) is 21.9 Å². The molecule has 0 fully saturated rings. The van der Waals surface area contributed by atoms with Crippen molar-refractivity contribution >= 4 is 28.3 Å². The molecular weight excluding hydrogens is 538 g/mol. The number of ether oxygens (including phenoxy) is 2. The third kappa shape index (κ3) is 5.37. The molecular formula is C31H25N5O4S. The average Bonchev–Trinajstić information content (AvgIpc) is 3.64. The number of thiazole rings is 1. The summed E-state index contributed by atoms with van der Waals surface area (Å²) < 4.78 is 14.6. The summed E-state index contributed by atoms with van der Waals surface area (Å²) in [5, 5.41) is 9.30. The number of aromatic nitrogens is 5. The van der Waals surface area contributed by atoms with Gasteiger partial charge in [-0.3, -0.25) is 9.59 Å². The van der Waals surface area contributed by atoms with E-state index in [1.54, 1.807) is 28.9 Å². The van der Waals surface area contributed by atoms with Crippen LogP contribution in [0.15, 0.2) is 89.9 Å². The summed E-state index contributed by atoms with van der Waals surface area (Å²) in [7, 11) is 0. The Kier molecular flexibility index (Phi) is 6.90. The zero-order valence-corrected chi connectivity index (χ0v) is 23.3. The first kappa shape index (κ1) is 26.1. The molecule has 0 unspecified atom stereocenters. The summed E-state index contributed by atoms with van der Waals surface area (Å²) in [5.74, 6) is 0.961. The number of rotatable bonds is 7. The highest BCUT2D eigenvalue weighted by molar-refractivity contribution is 7.15. The maximum Gasteiger partial charge on any atom is 0.308 e. The molecule has 6 aromatic rings. The molecule has 3 heterocycles. The van der Waals surface area contributed by atoms with Gasteiger partial charge in [-0.05, 0) is 68.5 Å². The smallest absolute Gasteiger partial charge is 0.308 e. The summed E-state index contributed by atoms with van der Waals surface area (Å²) in [6, 6.07) is 24.5. The monoisotopic (exact) mass is 563 g/mol. The first-order chi connectivity index (χ1) is 19.9. The van der Waals surface area contributed by atoms with Gasteiger partial charge in [-0.15, -0.1) is 5.10 Å². The molecule has 0 radical (unpaired) electrons. The maximum absolute atomic E-state index is 13.4. The van der Waals surface area contributed by atoms with Gasteiger partial charge in [-0.1, -0.05) is 41.7 Å². The van der Waals surface area contributed by atoms with E-state index in [2.05, 4.69) is 10.1 Å². The van der Waals surface area contributed by atoms with E-state index in [4.69, 9.17) is 14.6 Å². The van der Waals surface area contributed by atoms with Crippen molar-refractivity contribution < 1.29 is 14.3 Å². The molecule has 9 nitrogen and oxygen atoms in total. The molecule has 3 aromatic heterocycles. The van der Waals surface area contributed by atoms with Crippen molar-refractivity contribution in [2.75, 3.05) is 0 Å². The van der Waals surface area contributed by atoms with E-state index in [9.17, 15) is 9.59 Å². The Balaban J connectivity index is 1.43. The third-order valence-electron chi connectivity index (χ3n) is 6.11. The third-order valence-corrected chi connectivity index (χ3v) is 7.07. The molecule has 0 aliphatic heterocycles. The lowest BCUT2D eigenvalue weighted by Gasteiger charge is -2.09. The van der Waals surface area contributed by atoms with Crippen LogP contribution in [0.5, 0.6) is 11.5 Å². The summed E-state index contributed by atoms with van der Waals surface area (Å²) >= 11 is 1.23. The highest BCUT2D eigenvalue weighted by Gasteiger charge is 2.17. The van der Waals surface area contributed by atoms with Crippen LogP contribution in [-0.4, -0.2) is 36.5 Å². The van der Waals surface area contributed by atoms with Crippen LogP contribution in [0, 0.1) is 0 Å². The minimum absolute atomic E-state index is 0.0690. The number of nitrogens with zero attached hydrogens (tertiary/aromatic N) is 5. The average molecular weight is 564 g/mol. The van der Waals surface area contributed by atoms with Crippen LogP contribution in [-0.2, 0) is 4.79 Å². The number of esters is 1. The fourth-order valence-corrected chi connectivity index (χ4v) is 5.28. The molecule has 0 saturated heterocycles. The molecule has 3 aromatic carbocycles. The number of benzene rings is 3. The molecule has 10 heteroatoms. The topological polar surface area (TPSA) is 101 Å². The van der Waals surface area contributed by atoms with Gasteiger partial charge < -0.3 is 9.47 Å². The SMILES string of the molecule is CC(=O)Oc1ccccc1-c1nc2sc(=Cc3cn(-c4ccccc4)nc3-c3ccc(OC(C)C)cc3)c(=O)n2n1. The molecule has 0 saturated carbocycles. The summed E-state index contributed by atoms with van der Waals surface area (Å²) in [6.45, 7) is 5.30. The Bertz CT molecular complexity index is 1970. The van der Waals surface area contributed by atoms with Crippen molar-refractivity contribution in [3.05, 3.63) is 106 Å². The van der Waals surface area contributed by atoms with E-state index in [-0.39, 0.29) is 11.7 Å². The van der Waals surface area contributed by atoms with Gasteiger partial charge in [0, 0.05) is 24.2 Å². The van der Waals surface area contributed by atoms with E-state index >= 15 is 0 Å². The molecule has 0 aliphatic rings. The lowest BCUT2D eigenvalue weighted by Crippen LogP contribution is -2.23. The van der Waals surface area contributed by atoms with E-state index in [0.29, 0.717) is 26.6 Å². The van der Waals surface area contributed by atoms with Gasteiger partial charge in [0.25, 0.3) is 5.56 Å². The Hall–Kier alpha value is -5.09. The Morgan fingerprint density at radius 1 is 0.951 bits per heavy atom. The highest BCUT2D eigenvalue weighted by atomic mass is 32.1. The first-order valence-electron chi connectivity index (χ1n) is 13.0. The van der Waals surface area contributed by atoms with Gasteiger partial charge in [-0.2, -0.15) is 14.6 Å². The minimum atomic E-state index is -0.450. The fraction of sp³-hybridized carbons (Fsp3) is 0.129. The number of hydrogen-bond acceptors (Lipinski definition) is 8. The van der Waals surface area contributed by atoms with Crippen LogP contribution in [0.3, 0.4) is 0 Å². The van der Waals surface area contributed by atoms with Crippen molar-refractivity contribution in [1.29, 1.82) is 0 Å². The lowest BCUT2D eigenvalue weighted by molar-refractivity contribution is -0.131. The maximum atomic E-state index is 13.4. The number of hydrogen-bond donors (Lipinski definition) is 0. The van der Waals surface area contributed by atoms with Gasteiger partial charge in [0.1, 0.15) is 17.2 Å². The Morgan fingerprint density at radius 2 is 1.68 bits per heavy atom. The second-order valence-electron chi connectivity index (χ2n) is 9.54. The Labute approximate surface area is 238 Å². The normalized spacial score (nSPS) is 11.9. The van der Waals surface area contributed by atoms with Gasteiger partial charge >= 0.3 is 5.97 Å². The zero-order valence-electron chi connectivity index (χ0n) is 22.5. The summed E-state index contributed by atoms with van der Waals surface area (Å²) in [6.07, 6.45) is 3.79. The first-order valence-corrected chi connectivity index (χ1v) is 13.8. The van der Waals surface area contributed by atoms with Crippen LogP contribution in [0.25, 0.3) is 39.4 Å². The van der Waals surface area contributed by atoms with Gasteiger partial charge in [0.15, 0.2) is 5.82 Å². The minimum Gasteiger partial charge on any atom is -0.491 e. The van der Waals surface area contributed by atoms with Crippen LogP contribution in [0.2, 0.25) is 0 Å². The Morgan fingerprint density at radius 3 is 2.39 bits per heavy atom. The quantitative estimate of drug-likeness (QED) is 0.201. The molecule has 0 bridgehead atoms. The van der Waals surface area contributed by atoms with E-state index in [1.807, 2.05) is 80.7 Å².